The number of carboxylic acid groups (broad SMARTS) is 1. The fourth-order valence-corrected chi connectivity index (χ4v) is 5.97. The monoisotopic (exact) mass is 575 g/mol. The lowest BCUT2D eigenvalue weighted by Crippen LogP contribution is -2.77. The number of nitrogens with two attached hydrogens (primary N) is 1. The number of aliphatic hydroxyl groups is 2. The first-order chi connectivity index (χ1) is 19.8. The van der Waals surface area contributed by atoms with Gasteiger partial charge in [-0.05, 0) is 57.8 Å². The molecule has 0 aromatic carbocycles. The highest BCUT2D eigenvalue weighted by Gasteiger charge is 2.68. The van der Waals surface area contributed by atoms with E-state index in [-0.39, 0.29) is 13.1 Å². The third-order valence-electron chi connectivity index (χ3n) is 8.04. The fourth-order valence-electron chi connectivity index (χ4n) is 5.97. The van der Waals surface area contributed by atoms with E-state index in [1.807, 2.05) is 51.1 Å². The van der Waals surface area contributed by atoms with E-state index in [9.17, 15) is 24.6 Å². The van der Waals surface area contributed by atoms with Crippen molar-refractivity contribution in [1.82, 2.24) is 20.1 Å². The number of aliphatic hydroxyl groups excluding tert-OH is 2. The number of likely N-dealkylation sites (tertiary alicyclic amines) is 2. The van der Waals surface area contributed by atoms with Gasteiger partial charge < -0.3 is 36.0 Å². The van der Waals surface area contributed by atoms with Crippen molar-refractivity contribution in [2.75, 3.05) is 40.3 Å². The lowest BCUT2D eigenvalue weighted by atomic mass is 9.55. The van der Waals surface area contributed by atoms with Gasteiger partial charge in [0, 0.05) is 39.0 Å². The molecule has 6 atom stereocenters. The number of allylic oxidation sites excluding steroid dienone is 2. The molecule has 6 N–H and O–H groups in total. The largest absolute Gasteiger partial charge is 0.480 e. The van der Waals surface area contributed by atoms with Gasteiger partial charge in [0.1, 0.15) is 18.6 Å². The standard InChI is InChI=1S/C22H32N4O5.C5H7N.C2H6.CH4O/c1-15-21(13-27)11-26(17(19(29)30)8-3-5-9-23)12-22(14-28,20(21)31)18(25(15)2)16-7-4-6-10-24-16;1-2-4-6-5-3-1;2*1-2/h4,6-7,10,13-15,17-18,20,31H,3,5,8-9,11-12,23H2,1-2H3,(H,29,30);1-4,6H,5H2;1-2H3;2H,1H3/t15-,17?,18+,20-,21?,22?;;;/m0.../s1. The van der Waals surface area contributed by atoms with Crippen LogP contribution < -0.4 is 11.1 Å². The maximum absolute atomic E-state index is 12.7. The van der Waals surface area contributed by atoms with Gasteiger partial charge in [-0.3, -0.25) is 19.6 Å². The Hall–Kier alpha value is -2.96. The lowest BCUT2D eigenvalue weighted by molar-refractivity contribution is -0.220. The number of carboxylic acids is 1. The minimum Gasteiger partial charge on any atom is -0.480 e. The van der Waals surface area contributed by atoms with Crippen LogP contribution in [0, 0.1) is 10.8 Å². The van der Waals surface area contributed by atoms with Crippen LogP contribution in [0.3, 0.4) is 0 Å². The summed E-state index contributed by atoms with van der Waals surface area (Å²) in [6.45, 7) is 7.36. The Labute approximate surface area is 244 Å². The predicted molar refractivity (Wildman–Crippen MR) is 159 cm³/mol. The van der Waals surface area contributed by atoms with Gasteiger partial charge in [0.05, 0.1) is 28.7 Å². The summed E-state index contributed by atoms with van der Waals surface area (Å²) in [5.41, 5.74) is 3.45. The number of piperidine rings is 2. The molecule has 3 aliphatic rings. The van der Waals surface area contributed by atoms with Crippen LogP contribution in [0.2, 0.25) is 0 Å². The summed E-state index contributed by atoms with van der Waals surface area (Å²) in [4.78, 5) is 45.3. The number of pyridine rings is 1. The van der Waals surface area contributed by atoms with E-state index < -0.39 is 41.0 Å². The number of nitrogens with one attached hydrogen (secondary N) is 1. The normalized spacial score (nSPS) is 29.1. The number of nitrogens with zero attached hydrogens (tertiary/aromatic N) is 3. The number of hydrogen-bond acceptors (Lipinski definition) is 10. The number of carbonyl (C=O) groups is 3. The third-order valence-corrected chi connectivity index (χ3v) is 8.04. The maximum atomic E-state index is 12.7. The Morgan fingerprint density at radius 3 is 2.27 bits per heavy atom. The summed E-state index contributed by atoms with van der Waals surface area (Å²) in [6.07, 6.45) is 11.4. The van der Waals surface area contributed by atoms with Gasteiger partial charge in [0.15, 0.2) is 0 Å². The molecule has 4 rings (SSSR count). The first-order valence-corrected chi connectivity index (χ1v) is 14.2. The zero-order valence-electron chi connectivity index (χ0n) is 25.0. The third kappa shape index (κ3) is 7.87. The fraction of sp³-hybridized carbons (Fsp3) is 0.600. The highest BCUT2D eigenvalue weighted by molar-refractivity contribution is 5.75. The first-order valence-electron chi connectivity index (χ1n) is 14.2. The molecular weight excluding hydrogens is 526 g/mol. The molecule has 11 heteroatoms. The second-order valence-electron chi connectivity index (χ2n) is 10.1. The average Bonchev–Trinajstić information content (AvgIpc) is 3.03. The summed E-state index contributed by atoms with van der Waals surface area (Å²) >= 11 is 0. The number of unbranched alkanes of at least 4 members (excludes halogenated alkanes) is 1. The lowest BCUT2D eigenvalue weighted by Gasteiger charge is -2.64. The zero-order valence-corrected chi connectivity index (χ0v) is 25.0. The van der Waals surface area contributed by atoms with Gasteiger partial charge in [-0.2, -0.15) is 0 Å². The maximum Gasteiger partial charge on any atom is 0.320 e. The van der Waals surface area contributed by atoms with Crippen molar-refractivity contribution in [1.29, 1.82) is 0 Å². The van der Waals surface area contributed by atoms with Crippen LogP contribution in [0.4, 0.5) is 0 Å². The first kappa shape index (κ1) is 36.1. The molecule has 41 heavy (non-hydrogen) atoms. The van der Waals surface area contributed by atoms with Crippen molar-refractivity contribution in [3.05, 3.63) is 54.5 Å². The van der Waals surface area contributed by atoms with Crippen LogP contribution in [0.5, 0.6) is 0 Å². The number of fused-ring (bicyclic) bond motifs is 2. The molecule has 230 valence electrons. The van der Waals surface area contributed by atoms with Crippen LogP contribution in [-0.2, 0) is 14.4 Å². The molecule has 0 spiro atoms. The van der Waals surface area contributed by atoms with E-state index in [0.29, 0.717) is 44.1 Å². The van der Waals surface area contributed by atoms with Crippen LogP contribution in [0.25, 0.3) is 0 Å². The number of carbonyl (C=O) groups excluding carboxylic acids is 2. The van der Waals surface area contributed by atoms with Crippen LogP contribution >= 0.6 is 0 Å². The molecule has 2 bridgehead atoms. The van der Waals surface area contributed by atoms with Gasteiger partial charge in [0.2, 0.25) is 0 Å². The average molecular weight is 576 g/mol. The molecule has 4 heterocycles. The number of aromatic nitrogens is 1. The van der Waals surface area contributed by atoms with Crippen molar-refractivity contribution in [3.63, 3.8) is 0 Å². The van der Waals surface area contributed by atoms with Crippen molar-refractivity contribution >= 4 is 18.5 Å². The van der Waals surface area contributed by atoms with Crippen LogP contribution in [0.15, 0.2) is 48.8 Å². The summed E-state index contributed by atoms with van der Waals surface area (Å²) in [5.74, 6) is -1.01. The van der Waals surface area contributed by atoms with E-state index in [2.05, 4.69) is 16.4 Å². The van der Waals surface area contributed by atoms with Crippen molar-refractivity contribution in [2.45, 2.75) is 64.3 Å². The van der Waals surface area contributed by atoms with Crippen molar-refractivity contribution < 1.29 is 29.7 Å². The number of aliphatic carboxylic acids is 1. The smallest absolute Gasteiger partial charge is 0.320 e. The number of dihydropyridines is 1. The topological polar surface area (TPSA) is 169 Å². The second-order valence-corrected chi connectivity index (χ2v) is 10.1. The predicted octanol–water partition coefficient (Wildman–Crippen LogP) is 1.38. The number of rotatable bonds is 9. The second kappa shape index (κ2) is 17.8. The van der Waals surface area contributed by atoms with Crippen molar-refractivity contribution in [2.24, 2.45) is 16.6 Å². The Morgan fingerprint density at radius 1 is 1.17 bits per heavy atom. The highest BCUT2D eigenvalue weighted by atomic mass is 16.4. The summed E-state index contributed by atoms with van der Waals surface area (Å²) in [5, 5.41) is 31.4. The van der Waals surface area contributed by atoms with Gasteiger partial charge in [0.25, 0.3) is 0 Å². The highest BCUT2D eigenvalue weighted by Crippen LogP contribution is 2.55. The molecule has 3 unspecified atom stereocenters. The Morgan fingerprint density at radius 2 is 1.83 bits per heavy atom. The molecule has 1 aromatic rings. The minimum absolute atomic E-state index is 0.0190. The molecule has 2 fully saturated rings. The van der Waals surface area contributed by atoms with Crippen molar-refractivity contribution in [3.8, 4) is 0 Å². The Kier molecular flexibility index (Phi) is 15.6. The van der Waals surface area contributed by atoms with Gasteiger partial charge in [-0.1, -0.05) is 38.5 Å². The van der Waals surface area contributed by atoms with Crippen LogP contribution in [0.1, 0.15) is 51.8 Å². The van der Waals surface area contributed by atoms with E-state index in [1.54, 1.807) is 29.3 Å². The SMILES string of the molecule is C1=CCNC=C1.CC.CO.C[C@@H]1N(C)[C@H](c2ccccn2)C2(C=O)CN(C(CCCCN)C(=O)O)CC1(C=O)[C@@H]2O. The summed E-state index contributed by atoms with van der Waals surface area (Å²) in [7, 11) is 2.82. The van der Waals surface area contributed by atoms with E-state index >= 15 is 0 Å². The van der Waals surface area contributed by atoms with E-state index in [1.165, 1.54) is 0 Å². The van der Waals surface area contributed by atoms with E-state index in [0.717, 1.165) is 13.7 Å². The number of aldehydes is 2. The van der Waals surface area contributed by atoms with Gasteiger partial charge >= 0.3 is 5.97 Å². The summed E-state index contributed by atoms with van der Waals surface area (Å²) in [6, 6.07) is 3.43. The Balaban J connectivity index is 0.000000722. The Bertz CT molecular complexity index is 981. The molecule has 2 saturated heterocycles. The molecule has 0 radical (unpaired) electrons. The molecule has 1 aromatic heterocycles. The molecular formula is C30H49N5O6. The molecule has 3 aliphatic heterocycles. The van der Waals surface area contributed by atoms with E-state index in [4.69, 9.17) is 10.8 Å². The number of hydrogen-bond donors (Lipinski definition) is 5. The molecule has 11 nitrogen and oxygen atoms in total. The van der Waals surface area contributed by atoms with Gasteiger partial charge in [-0.15, -0.1) is 0 Å². The molecule has 0 amide bonds. The van der Waals surface area contributed by atoms with Gasteiger partial charge in [-0.25, -0.2) is 0 Å². The minimum atomic E-state index is -1.41. The van der Waals surface area contributed by atoms with Crippen LogP contribution in [-0.4, -0.2) is 107 Å². The summed E-state index contributed by atoms with van der Waals surface area (Å²) < 4.78 is 0. The zero-order chi connectivity index (χ0) is 31.1. The molecule has 0 aliphatic carbocycles. The quantitative estimate of drug-likeness (QED) is 0.213. The molecule has 0 saturated carbocycles.